The van der Waals surface area contributed by atoms with Crippen molar-refractivity contribution >= 4 is 5.91 Å². The lowest BCUT2D eigenvalue weighted by Crippen LogP contribution is -2.38. The Labute approximate surface area is 139 Å². The average Bonchev–Trinajstić information content (AvgIpc) is 2.57. The minimum absolute atomic E-state index is 0.0290. The molecule has 128 valence electrons. The maximum Gasteiger partial charge on any atom is 0.224 e. The third kappa shape index (κ3) is 4.52. The topological polar surface area (TPSA) is 58.6 Å². The number of halogens is 2. The minimum Gasteiger partial charge on any atom is -0.497 e. The van der Waals surface area contributed by atoms with E-state index in [9.17, 15) is 18.7 Å². The van der Waals surface area contributed by atoms with Gasteiger partial charge in [0.25, 0.3) is 0 Å². The number of amides is 1. The van der Waals surface area contributed by atoms with Crippen LogP contribution in [0.5, 0.6) is 5.75 Å². The molecule has 0 bridgehead atoms. The molecule has 0 aliphatic rings. The summed E-state index contributed by atoms with van der Waals surface area (Å²) in [6.07, 6.45) is -1.24. The monoisotopic (exact) mass is 335 g/mol. The van der Waals surface area contributed by atoms with Crippen LogP contribution in [-0.4, -0.2) is 24.2 Å². The number of nitrogens with one attached hydrogen (secondary N) is 1. The number of benzene rings is 2. The van der Waals surface area contributed by atoms with Crippen LogP contribution < -0.4 is 10.1 Å². The van der Waals surface area contributed by atoms with Gasteiger partial charge in [0.1, 0.15) is 17.4 Å². The van der Waals surface area contributed by atoms with Crippen molar-refractivity contribution in [1.82, 2.24) is 5.32 Å². The smallest absolute Gasteiger partial charge is 0.224 e. The average molecular weight is 335 g/mol. The van der Waals surface area contributed by atoms with Gasteiger partial charge in [-0.2, -0.15) is 0 Å². The predicted octanol–water partition coefficient (Wildman–Crippen LogP) is 2.75. The summed E-state index contributed by atoms with van der Waals surface area (Å²) in [5, 5.41) is 12.9. The normalized spacial score (nSPS) is 13.2. The van der Waals surface area contributed by atoms with Crippen molar-refractivity contribution in [3.63, 3.8) is 0 Å². The molecule has 0 heterocycles. The molecule has 0 saturated heterocycles. The van der Waals surface area contributed by atoms with Crippen LogP contribution in [0, 0.1) is 11.6 Å². The predicted molar refractivity (Wildman–Crippen MR) is 85.6 cm³/mol. The molecule has 2 aromatic carbocycles. The van der Waals surface area contributed by atoms with E-state index in [-0.39, 0.29) is 12.0 Å². The Morgan fingerprint density at radius 1 is 1.21 bits per heavy atom. The molecule has 2 aromatic rings. The van der Waals surface area contributed by atoms with Gasteiger partial charge >= 0.3 is 0 Å². The van der Waals surface area contributed by atoms with Crippen LogP contribution in [0.3, 0.4) is 0 Å². The van der Waals surface area contributed by atoms with Crippen molar-refractivity contribution in [3.8, 4) is 5.75 Å². The zero-order valence-electron chi connectivity index (χ0n) is 13.4. The Morgan fingerprint density at radius 2 is 1.88 bits per heavy atom. The van der Waals surface area contributed by atoms with Crippen molar-refractivity contribution in [2.24, 2.45) is 0 Å². The molecule has 0 aliphatic carbocycles. The largest absolute Gasteiger partial charge is 0.497 e. The Bertz CT molecular complexity index is 704. The van der Waals surface area contributed by atoms with Crippen LogP contribution in [-0.2, 0) is 11.2 Å². The standard InChI is InChI=1S/C18H19F2NO3/c1-11(18(23)12-3-6-15(24-2)7-4-12)21-17(22)10-13-9-14(19)5-8-16(13)20/h3-9,11,18,23H,10H2,1-2H3,(H,21,22). The summed E-state index contributed by atoms with van der Waals surface area (Å²) < 4.78 is 31.7. The molecule has 2 N–H and O–H groups in total. The van der Waals surface area contributed by atoms with Gasteiger partial charge in [0, 0.05) is 5.56 Å². The molecule has 0 aliphatic heterocycles. The fourth-order valence-corrected chi connectivity index (χ4v) is 2.33. The molecule has 0 spiro atoms. The van der Waals surface area contributed by atoms with Crippen molar-refractivity contribution < 1.29 is 23.4 Å². The highest BCUT2D eigenvalue weighted by molar-refractivity contribution is 5.79. The van der Waals surface area contributed by atoms with E-state index in [1.807, 2.05) is 0 Å². The lowest BCUT2D eigenvalue weighted by molar-refractivity contribution is -0.121. The van der Waals surface area contributed by atoms with E-state index in [4.69, 9.17) is 4.74 Å². The Kier molecular flexibility index (Phi) is 5.87. The number of hydrogen-bond acceptors (Lipinski definition) is 3. The SMILES string of the molecule is COc1ccc(C(O)C(C)NC(=O)Cc2cc(F)ccc2F)cc1. The summed E-state index contributed by atoms with van der Waals surface area (Å²) in [6.45, 7) is 1.63. The van der Waals surface area contributed by atoms with Crippen molar-refractivity contribution in [1.29, 1.82) is 0 Å². The first-order chi connectivity index (χ1) is 11.4. The van der Waals surface area contributed by atoms with Crippen LogP contribution in [0.25, 0.3) is 0 Å². The van der Waals surface area contributed by atoms with Gasteiger partial charge in [0.05, 0.1) is 25.7 Å². The van der Waals surface area contributed by atoms with Gasteiger partial charge < -0.3 is 15.2 Å². The Hall–Kier alpha value is -2.47. The Balaban J connectivity index is 1.98. The van der Waals surface area contributed by atoms with Gasteiger partial charge in [0.15, 0.2) is 0 Å². The first kappa shape index (κ1) is 17.9. The summed E-state index contributed by atoms with van der Waals surface area (Å²) in [6, 6.07) is 9.16. The van der Waals surface area contributed by atoms with E-state index in [0.717, 1.165) is 18.2 Å². The molecule has 24 heavy (non-hydrogen) atoms. The van der Waals surface area contributed by atoms with Crippen molar-refractivity contribution in [3.05, 3.63) is 65.2 Å². The summed E-state index contributed by atoms with van der Waals surface area (Å²) in [5.74, 6) is -1.09. The summed E-state index contributed by atoms with van der Waals surface area (Å²) in [4.78, 5) is 12.0. The maximum absolute atomic E-state index is 13.6. The molecular weight excluding hydrogens is 316 g/mol. The van der Waals surface area contributed by atoms with E-state index in [1.54, 1.807) is 38.3 Å². The molecule has 2 unspecified atom stereocenters. The number of ether oxygens (including phenoxy) is 1. The molecule has 0 aromatic heterocycles. The van der Waals surface area contributed by atoms with Crippen molar-refractivity contribution in [2.45, 2.75) is 25.5 Å². The second-order valence-electron chi connectivity index (χ2n) is 5.49. The van der Waals surface area contributed by atoms with Gasteiger partial charge in [-0.15, -0.1) is 0 Å². The van der Waals surface area contributed by atoms with E-state index >= 15 is 0 Å². The minimum atomic E-state index is -0.933. The molecule has 0 saturated carbocycles. The first-order valence-corrected chi connectivity index (χ1v) is 7.46. The second-order valence-corrected chi connectivity index (χ2v) is 5.49. The van der Waals surface area contributed by atoms with E-state index < -0.39 is 29.7 Å². The van der Waals surface area contributed by atoms with Gasteiger partial charge in [-0.05, 0) is 42.8 Å². The maximum atomic E-state index is 13.6. The zero-order chi connectivity index (χ0) is 17.7. The highest BCUT2D eigenvalue weighted by Crippen LogP contribution is 2.20. The van der Waals surface area contributed by atoms with E-state index in [1.165, 1.54) is 0 Å². The summed E-state index contributed by atoms with van der Waals surface area (Å²) in [5.41, 5.74) is 0.583. The lowest BCUT2D eigenvalue weighted by atomic mass is 10.0. The molecule has 2 rings (SSSR count). The molecule has 2 atom stereocenters. The second kappa shape index (κ2) is 7.88. The molecule has 4 nitrogen and oxygen atoms in total. The quantitative estimate of drug-likeness (QED) is 0.853. The van der Waals surface area contributed by atoms with Crippen molar-refractivity contribution in [2.75, 3.05) is 7.11 Å². The molecular formula is C18H19F2NO3. The number of aliphatic hydroxyl groups excluding tert-OH is 1. The van der Waals surface area contributed by atoms with Crippen LogP contribution in [0.2, 0.25) is 0 Å². The van der Waals surface area contributed by atoms with Gasteiger partial charge in [-0.25, -0.2) is 8.78 Å². The van der Waals surface area contributed by atoms with E-state index in [0.29, 0.717) is 11.3 Å². The first-order valence-electron chi connectivity index (χ1n) is 7.46. The summed E-state index contributed by atoms with van der Waals surface area (Å²) in [7, 11) is 1.54. The van der Waals surface area contributed by atoms with Gasteiger partial charge in [-0.3, -0.25) is 4.79 Å². The lowest BCUT2D eigenvalue weighted by Gasteiger charge is -2.21. The number of methoxy groups -OCH3 is 1. The fourth-order valence-electron chi connectivity index (χ4n) is 2.33. The van der Waals surface area contributed by atoms with E-state index in [2.05, 4.69) is 5.32 Å². The van der Waals surface area contributed by atoms with Crippen LogP contribution in [0.15, 0.2) is 42.5 Å². The third-order valence-electron chi connectivity index (χ3n) is 3.68. The number of hydrogen-bond donors (Lipinski definition) is 2. The number of carbonyl (C=O) groups excluding carboxylic acids is 1. The zero-order valence-corrected chi connectivity index (χ0v) is 13.4. The van der Waals surface area contributed by atoms with Crippen LogP contribution in [0.1, 0.15) is 24.2 Å². The molecule has 0 fully saturated rings. The highest BCUT2D eigenvalue weighted by Gasteiger charge is 2.19. The highest BCUT2D eigenvalue weighted by atomic mass is 19.1. The van der Waals surface area contributed by atoms with Crippen LogP contribution >= 0.6 is 0 Å². The Morgan fingerprint density at radius 3 is 2.50 bits per heavy atom. The van der Waals surface area contributed by atoms with Gasteiger partial charge in [-0.1, -0.05) is 12.1 Å². The number of carbonyl (C=O) groups is 1. The number of aliphatic hydroxyl groups is 1. The third-order valence-corrected chi connectivity index (χ3v) is 3.68. The molecule has 0 radical (unpaired) electrons. The number of rotatable bonds is 6. The molecule has 1 amide bonds. The summed E-state index contributed by atoms with van der Waals surface area (Å²) >= 11 is 0. The molecule has 6 heteroatoms. The van der Waals surface area contributed by atoms with Crippen LogP contribution in [0.4, 0.5) is 8.78 Å². The van der Waals surface area contributed by atoms with Gasteiger partial charge in [0.2, 0.25) is 5.91 Å². The fraction of sp³-hybridized carbons (Fsp3) is 0.278.